The van der Waals surface area contributed by atoms with Crippen molar-refractivity contribution in [2.45, 2.75) is 25.7 Å². The number of nitrogens with zero attached hydrogens (tertiary/aromatic N) is 2. The van der Waals surface area contributed by atoms with Gasteiger partial charge in [0.1, 0.15) is 0 Å². The number of carbonyl (C=O) groups is 1. The Hall–Kier alpha value is -2.10. The van der Waals surface area contributed by atoms with E-state index in [4.69, 9.17) is 5.11 Å². The lowest BCUT2D eigenvalue weighted by Crippen LogP contribution is -2.03. The van der Waals surface area contributed by atoms with E-state index in [0.29, 0.717) is 5.69 Å². The lowest BCUT2D eigenvalue weighted by molar-refractivity contribution is -0.136. The third kappa shape index (κ3) is 2.14. The Morgan fingerprint density at radius 3 is 3.00 bits per heavy atom. The molecule has 2 aromatic rings. The highest BCUT2D eigenvalue weighted by Crippen LogP contribution is 2.33. The second-order valence-corrected chi connectivity index (χ2v) is 5.03. The first kappa shape index (κ1) is 12.0. The predicted molar refractivity (Wildman–Crippen MR) is 72.0 cm³/mol. The lowest BCUT2D eigenvalue weighted by Gasteiger charge is -2.07. The molecule has 1 aromatic heterocycles. The average molecular weight is 256 g/mol. The minimum Gasteiger partial charge on any atom is -0.481 e. The summed E-state index contributed by atoms with van der Waals surface area (Å²) < 4.78 is 1.70. The van der Waals surface area contributed by atoms with Crippen LogP contribution in [0.1, 0.15) is 23.2 Å². The standard InChI is InChI=1S/C15H16N2O2/c1-17-9-13(14(16-17)8-15(18)19)12-7-3-5-10-4-2-6-11(10)12/h3,5,7,9H,2,4,6,8H2,1H3,(H,18,19). The van der Waals surface area contributed by atoms with E-state index in [9.17, 15) is 4.79 Å². The van der Waals surface area contributed by atoms with Crippen molar-refractivity contribution in [3.8, 4) is 11.1 Å². The van der Waals surface area contributed by atoms with Crippen molar-refractivity contribution in [1.29, 1.82) is 0 Å². The highest BCUT2D eigenvalue weighted by molar-refractivity contribution is 5.77. The van der Waals surface area contributed by atoms with Crippen LogP contribution in [-0.4, -0.2) is 20.9 Å². The summed E-state index contributed by atoms with van der Waals surface area (Å²) in [5.74, 6) is -0.840. The van der Waals surface area contributed by atoms with Crippen molar-refractivity contribution in [2.24, 2.45) is 7.05 Å². The van der Waals surface area contributed by atoms with Crippen molar-refractivity contribution >= 4 is 5.97 Å². The van der Waals surface area contributed by atoms with Crippen LogP contribution in [0.3, 0.4) is 0 Å². The number of rotatable bonds is 3. The summed E-state index contributed by atoms with van der Waals surface area (Å²) >= 11 is 0. The van der Waals surface area contributed by atoms with Gasteiger partial charge in [0.25, 0.3) is 0 Å². The molecule has 98 valence electrons. The van der Waals surface area contributed by atoms with Gasteiger partial charge >= 0.3 is 5.97 Å². The summed E-state index contributed by atoms with van der Waals surface area (Å²) in [7, 11) is 1.83. The molecule has 0 bridgehead atoms. The molecule has 0 spiro atoms. The summed E-state index contributed by atoms with van der Waals surface area (Å²) in [5.41, 5.74) is 5.52. The molecule has 1 aromatic carbocycles. The maximum Gasteiger partial charge on any atom is 0.309 e. The second kappa shape index (κ2) is 4.53. The zero-order chi connectivity index (χ0) is 13.4. The molecule has 1 heterocycles. The highest BCUT2D eigenvalue weighted by atomic mass is 16.4. The van der Waals surface area contributed by atoms with Gasteiger partial charge in [0.05, 0.1) is 12.1 Å². The number of carboxylic acids is 1. The summed E-state index contributed by atoms with van der Waals surface area (Å²) in [4.78, 5) is 10.9. The van der Waals surface area contributed by atoms with Gasteiger partial charge in [-0.15, -0.1) is 0 Å². The van der Waals surface area contributed by atoms with Crippen LogP contribution in [0.5, 0.6) is 0 Å². The minimum atomic E-state index is -0.840. The molecule has 1 aliphatic carbocycles. The lowest BCUT2D eigenvalue weighted by atomic mass is 9.96. The Labute approximate surface area is 111 Å². The van der Waals surface area contributed by atoms with Gasteiger partial charge in [-0.05, 0) is 36.0 Å². The van der Waals surface area contributed by atoms with Crippen LogP contribution in [0.4, 0.5) is 0 Å². The van der Waals surface area contributed by atoms with Gasteiger partial charge < -0.3 is 5.11 Å². The summed E-state index contributed by atoms with van der Waals surface area (Å²) in [6, 6.07) is 6.29. The summed E-state index contributed by atoms with van der Waals surface area (Å²) in [5, 5.41) is 13.3. The van der Waals surface area contributed by atoms with Gasteiger partial charge in [-0.25, -0.2) is 0 Å². The Kier molecular flexibility index (Phi) is 2.85. The second-order valence-electron chi connectivity index (χ2n) is 5.03. The molecule has 3 rings (SSSR count). The first-order valence-corrected chi connectivity index (χ1v) is 6.50. The minimum absolute atomic E-state index is 0.0279. The monoisotopic (exact) mass is 256 g/mol. The normalized spacial score (nSPS) is 13.5. The molecule has 0 fully saturated rings. The Morgan fingerprint density at radius 1 is 1.37 bits per heavy atom. The van der Waals surface area contributed by atoms with E-state index in [2.05, 4.69) is 23.3 Å². The zero-order valence-corrected chi connectivity index (χ0v) is 10.9. The average Bonchev–Trinajstić information content (AvgIpc) is 2.94. The van der Waals surface area contributed by atoms with Crippen LogP contribution < -0.4 is 0 Å². The molecule has 0 atom stereocenters. The predicted octanol–water partition coefficient (Wildman–Crippen LogP) is 2.20. The van der Waals surface area contributed by atoms with Gasteiger partial charge in [0.15, 0.2) is 0 Å². The van der Waals surface area contributed by atoms with E-state index in [-0.39, 0.29) is 6.42 Å². The molecule has 0 aliphatic heterocycles. The fraction of sp³-hybridized carbons (Fsp3) is 0.333. The number of hydrogen-bond donors (Lipinski definition) is 1. The van der Waals surface area contributed by atoms with Crippen LogP contribution in [0, 0.1) is 0 Å². The maximum atomic E-state index is 10.9. The fourth-order valence-corrected chi connectivity index (χ4v) is 2.91. The van der Waals surface area contributed by atoms with Gasteiger partial charge in [0.2, 0.25) is 0 Å². The Balaban J connectivity index is 2.12. The molecule has 19 heavy (non-hydrogen) atoms. The van der Waals surface area contributed by atoms with E-state index in [1.807, 2.05) is 13.2 Å². The topological polar surface area (TPSA) is 55.1 Å². The smallest absolute Gasteiger partial charge is 0.309 e. The van der Waals surface area contributed by atoms with Gasteiger partial charge in [0, 0.05) is 18.8 Å². The molecule has 0 saturated heterocycles. The van der Waals surface area contributed by atoms with E-state index in [1.165, 1.54) is 17.5 Å². The number of aryl methyl sites for hydroxylation is 2. The fourth-order valence-electron chi connectivity index (χ4n) is 2.91. The number of fused-ring (bicyclic) bond motifs is 1. The molecule has 4 heteroatoms. The van der Waals surface area contributed by atoms with Crippen LogP contribution in [0.15, 0.2) is 24.4 Å². The van der Waals surface area contributed by atoms with Gasteiger partial charge in [-0.2, -0.15) is 5.10 Å². The summed E-state index contributed by atoms with van der Waals surface area (Å²) in [6.45, 7) is 0. The van der Waals surface area contributed by atoms with Crippen LogP contribution in [0.25, 0.3) is 11.1 Å². The van der Waals surface area contributed by atoms with E-state index in [1.54, 1.807) is 4.68 Å². The van der Waals surface area contributed by atoms with Crippen LogP contribution in [-0.2, 0) is 31.1 Å². The van der Waals surface area contributed by atoms with Crippen LogP contribution in [0.2, 0.25) is 0 Å². The van der Waals surface area contributed by atoms with Crippen molar-refractivity contribution in [1.82, 2.24) is 9.78 Å². The number of hydrogen-bond acceptors (Lipinski definition) is 2. The number of carboxylic acid groups (broad SMARTS) is 1. The molecule has 0 unspecified atom stereocenters. The van der Waals surface area contributed by atoms with Gasteiger partial charge in [-0.3, -0.25) is 9.48 Å². The van der Waals surface area contributed by atoms with Crippen molar-refractivity contribution in [3.05, 3.63) is 41.2 Å². The molecule has 4 nitrogen and oxygen atoms in total. The first-order valence-electron chi connectivity index (χ1n) is 6.50. The highest BCUT2D eigenvalue weighted by Gasteiger charge is 2.19. The van der Waals surface area contributed by atoms with E-state index in [0.717, 1.165) is 24.0 Å². The number of aromatic nitrogens is 2. The van der Waals surface area contributed by atoms with E-state index >= 15 is 0 Å². The SMILES string of the molecule is Cn1cc(-c2cccc3c2CCC3)c(CC(=O)O)n1. The number of benzene rings is 1. The largest absolute Gasteiger partial charge is 0.481 e. The first-order chi connectivity index (χ1) is 9.15. The Morgan fingerprint density at radius 2 is 2.21 bits per heavy atom. The quantitative estimate of drug-likeness (QED) is 0.916. The zero-order valence-electron chi connectivity index (χ0n) is 10.9. The van der Waals surface area contributed by atoms with Crippen molar-refractivity contribution in [3.63, 3.8) is 0 Å². The Bertz CT molecular complexity index is 644. The third-order valence-corrected chi connectivity index (χ3v) is 3.66. The molecule has 0 saturated carbocycles. The molecular formula is C15H16N2O2. The molecular weight excluding hydrogens is 240 g/mol. The molecule has 0 radical (unpaired) electrons. The van der Waals surface area contributed by atoms with Crippen molar-refractivity contribution < 1.29 is 9.90 Å². The number of aliphatic carboxylic acids is 1. The van der Waals surface area contributed by atoms with Crippen molar-refractivity contribution in [2.75, 3.05) is 0 Å². The molecule has 1 aliphatic rings. The van der Waals surface area contributed by atoms with E-state index < -0.39 is 5.97 Å². The maximum absolute atomic E-state index is 10.9. The third-order valence-electron chi connectivity index (χ3n) is 3.66. The van der Waals surface area contributed by atoms with Crippen LogP contribution >= 0.6 is 0 Å². The molecule has 0 amide bonds. The summed E-state index contributed by atoms with van der Waals surface area (Å²) in [6.07, 6.45) is 5.28. The molecule has 1 N–H and O–H groups in total. The van der Waals surface area contributed by atoms with Gasteiger partial charge in [-0.1, -0.05) is 18.2 Å².